The van der Waals surface area contributed by atoms with Crippen molar-refractivity contribution in [2.75, 3.05) is 13.2 Å². The van der Waals surface area contributed by atoms with Crippen molar-refractivity contribution in [2.45, 2.75) is 46.3 Å². The van der Waals surface area contributed by atoms with Crippen LogP contribution in [-0.4, -0.2) is 25.4 Å². The molecule has 0 aromatic rings. The zero-order valence-corrected chi connectivity index (χ0v) is 12.6. The molecule has 102 valence electrons. The van der Waals surface area contributed by atoms with Crippen molar-refractivity contribution < 1.29 is 18.7 Å². The average Bonchev–Trinajstić information content (AvgIpc) is 2.60. The zero-order valence-electron chi connectivity index (χ0n) is 10.9. The van der Waals surface area contributed by atoms with E-state index in [-0.39, 0.29) is 18.8 Å². The summed E-state index contributed by atoms with van der Waals surface area (Å²) >= 11 is 4.81. The van der Waals surface area contributed by atoms with Crippen molar-refractivity contribution in [3.05, 3.63) is 0 Å². The van der Waals surface area contributed by atoms with Gasteiger partial charge in [-0.2, -0.15) is 0 Å². The first kappa shape index (κ1) is 15.5. The van der Waals surface area contributed by atoms with Gasteiger partial charge in [0.15, 0.2) is 0 Å². The van der Waals surface area contributed by atoms with Crippen LogP contribution in [0.3, 0.4) is 0 Å². The van der Waals surface area contributed by atoms with Crippen LogP contribution in [0.5, 0.6) is 0 Å². The minimum atomic E-state index is -3.35. The van der Waals surface area contributed by atoms with Crippen molar-refractivity contribution in [3.8, 4) is 0 Å². The summed E-state index contributed by atoms with van der Waals surface area (Å²) in [5.74, 6) is 0.977. The van der Waals surface area contributed by atoms with Crippen molar-refractivity contribution in [1.29, 1.82) is 0 Å². The van der Waals surface area contributed by atoms with Crippen molar-refractivity contribution in [1.82, 2.24) is 0 Å². The van der Waals surface area contributed by atoms with Crippen LogP contribution in [-0.2, 0) is 25.6 Å². The number of rotatable bonds is 6. The van der Waals surface area contributed by atoms with Crippen LogP contribution in [0.15, 0.2) is 0 Å². The smallest absolute Gasteiger partial charge is 0.115 e. The Morgan fingerprint density at radius 1 is 1.41 bits per heavy atom. The van der Waals surface area contributed by atoms with Gasteiger partial charge in [-0.05, 0) is 32.1 Å². The predicted molar refractivity (Wildman–Crippen MR) is 69.1 cm³/mol. The van der Waals surface area contributed by atoms with Crippen molar-refractivity contribution >= 4 is 18.5 Å². The third-order valence-corrected chi connectivity index (χ3v) is 4.57. The first-order valence-electron chi connectivity index (χ1n) is 6.07. The van der Waals surface area contributed by atoms with E-state index < -0.39 is 6.72 Å². The van der Waals surface area contributed by atoms with Crippen LogP contribution in [0, 0.1) is 11.8 Å². The Hall–Kier alpha value is 0.490. The van der Waals surface area contributed by atoms with Gasteiger partial charge in [0.2, 0.25) is 0 Å². The summed E-state index contributed by atoms with van der Waals surface area (Å²) in [7, 11) is 0. The van der Waals surface area contributed by atoms with Gasteiger partial charge in [-0.15, -0.1) is 0 Å². The van der Waals surface area contributed by atoms with Crippen LogP contribution < -0.4 is 4.89 Å². The lowest BCUT2D eigenvalue weighted by molar-refractivity contribution is -0.211. The highest BCUT2D eigenvalue weighted by atomic mass is 32.5. The highest BCUT2D eigenvalue weighted by molar-refractivity contribution is 8.06. The van der Waals surface area contributed by atoms with Gasteiger partial charge in [-0.1, -0.05) is 25.7 Å². The Morgan fingerprint density at radius 3 is 2.59 bits per heavy atom. The Labute approximate surface area is 109 Å². The maximum Gasteiger partial charge on any atom is 0.115 e. The molecule has 0 aliphatic carbocycles. The molecule has 1 fully saturated rings. The van der Waals surface area contributed by atoms with E-state index in [0.717, 1.165) is 13.0 Å². The van der Waals surface area contributed by atoms with E-state index >= 15 is 0 Å². The Balaban J connectivity index is 2.42. The molecular weight excluding hydrogens is 259 g/mol. The number of hydrogen-bond donors (Lipinski definition) is 0. The van der Waals surface area contributed by atoms with E-state index in [0.29, 0.717) is 11.8 Å². The van der Waals surface area contributed by atoms with Crippen molar-refractivity contribution in [2.24, 2.45) is 11.8 Å². The predicted octanol–water partition coefficient (Wildman–Crippen LogP) is 2.07. The second kappa shape index (κ2) is 6.60. The molecule has 1 heterocycles. The molecule has 0 bridgehead atoms. The molecule has 17 heavy (non-hydrogen) atoms. The monoisotopic (exact) mass is 281 g/mol. The molecule has 0 amide bonds. The fraction of sp³-hybridized carbons (Fsp3) is 1.00. The molecule has 0 radical (unpaired) electrons. The van der Waals surface area contributed by atoms with E-state index in [9.17, 15) is 4.89 Å². The summed E-state index contributed by atoms with van der Waals surface area (Å²) in [6.07, 6.45) is 0.823. The van der Waals surface area contributed by atoms with Crippen LogP contribution in [0.4, 0.5) is 0 Å². The minimum Gasteiger partial charge on any atom is -0.780 e. The number of hydrogen-bond acceptors (Lipinski definition) is 5. The molecule has 3 atom stereocenters. The fourth-order valence-electron chi connectivity index (χ4n) is 2.05. The summed E-state index contributed by atoms with van der Waals surface area (Å²) in [6.45, 7) is 5.53. The quantitative estimate of drug-likeness (QED) is 0.698. The van der Waals surface area contributed by atoms with Gasteiger partial charge in [-0.3, -0.25) is 0 Å². The first-order chi connectivity index (χ1) is 7.82. The molecule has 0 saturated carbocycles. The first-order valence-corrected chi connectivity index (χ1v) is 8.63. The molecule has 0 aromatic heterocycles. The third kappa shape index (κ3) is 5.33. The van der Waals surface area contributed by atoms with Gasteiger partial charge in [-0.25, -0.2) is 0 Å². The van der Waals surface area contributed by atoms with Gasteiger partial charge in [0.1, 0.15) is 6.72 Å². The summed E-state index contributed by atoms with van der Waals surface area (Å²) in [5.41, 5.74) is 0. The van der Waals surface area contributed by atoms with Gasteiger partial charge >= 0.3 is 0 Å². The molecule has 0 spiro atoms. The molecule has 1 rings (SSSR count). The van der Waals surface area contributed by atoms with Crippen LogP contribution in [0.25, 0.3) is 0 Å². The maximum absolute atomic E-state index is 11.8. The summed E-state index contributed by atoms with van der Waals surface area (Å²) in [5, 5.41) is 0. The summed E-state index contributed by atoms with van der Waals surface area (Å²) < 4.78 is 15.9. The normalized spacial score (nSPS) is 28.9. The third-order valence-electron chi connectivity index (χ3n) is 2.85. The van der Waals surface area contributed by atoms with E-state index in [1.807, 2.05) is 0 Å². The number of ether oxygens (including phenoxy) is 1. The van der Waals surface area contributed by atoms with E-state index in [4.69, 9.17) is 25.6 Å². The lowest BCUT2D eigenvalue weighted by Gasteiger charge is -2.31. The van der Waals surface area contributed by atoms with Crippen LogP contribution in [0.2, 0.25) is 0 Å². The molecule has 2 unspecified atom stereocenters. The Bertz CT molecular complexity index is 283. The lowest BCUT2D eigenvalue weighted by atomic mass is 9.90. The molecule has 1 aliphatic heterocycles. The molecule has 1 saturated heterocycles. The summed E-state index contributed by atoms with van der Waals surface area (Å²) in [4.78, 5) is 11.8. The highest BCUT2D eigenvalue weighted by Crippen LogP contribution is 2.41. The van der Waals surface area contributed by atoms with E-state index in [1.165, 1.54) is 0 Å². The second-order valence-corrected chi connectivity index (χ2v) is 7.71. The Morgan fingerprint density at radius 2 is 2.06 bits per heavy atom. The van der Waals surface area contributed by atoms with Crippen LogP contribution >= 0.6 is 6.72 Å². The van der Waals surface area contributed by atoms with E-state index in [1.54, 1.807) is 13.8 Å². The van der Waals surface area contributed by atoms with Gasteiger partial charge in [0.25, 0.3) is 0 Å². The molecular formula is C11H22O4PS-. The van der Waals surface area contributed by atoms with Gasteiger partial charge < -0.3 is 18.7 Å². The topological polar surface area (TPSA) is 50.8 Å². The Kier molecular flexibility index (Phi) is 6.03. The van der Waals surface area contributed by atoms with Gasteiger partial charge in [0, 0.05) is 6.61 Å². The molecule has 0 aromatic carbocycles. The largest absolute Gasteiger partial charge is 0.780 e. The zero-order chi connectivity index (χ0) is 13.1. The summed E-state index contributed by atoms with van der Waals surface area (Å²) in [6, 6.07) is 0. The fourth-order valence-corrected chi connectivity index (χ4v) is 3.66. The van der Waals surface area contributed by atoms with E-state index in [2.05, 4.69) is 13.8 Å². The van der Waals surface area contributed by atoms with Crippen LogP contribution in [0.1, 0.15) is 34.1 Å². The standard InChI is InChI=1S/C11H23O4PS/c1-8(2)10-5-6-13-11(10)7-14-16(12,17)15-9(3)4/h8-11H,5-7H2,1-4H3,(H,12,17)/p-1/t10-,11?,16?/m1/s1. The van der Waals surface area contributed by atoms with Crippen molar-refractivity contribution in [3.63, 3.8) is 0 Å². The average molecular weight is 281 g/mol. The second-order valence-electron chi connectivity index (χ2n) is 5.00. The molecule has 6 heteroatoms. The molecule has 4 nitrogen and oxygen atoms in total. The maximum atomic E-state index is 11.8. The highest BCUT2D eigenvalue weighted by Gasteiger charge is 2.31. The van der Waals surface area contributed by atoms with Gasteiger partial charge in [0.05, 0.1) is 18.8 Å². The SMILES string of the molecule is CC(C)OP([O-])(=S)OCC1OCC[C@@H]1C(C)C. The minimum absolute atomic E-state index is 0.0120. The molecule has 0 N–H and O–H groups in total. The lowest BCUT2D eigenvalue weighted by Crippen LogP contribution is -2.27. The molecule has 1 aliphatic rings.